The fraction of sp³-hybridized carbons (Fsp3) is 0.308. The Kier molecular flexibility index (Phi) is 3.74. The first-order valence-corrected chi connectivity index (χ1v) is 6.49. The molecular formula is C13H15FN2S. The maximum absolute atomic E-state index is 12.8. The summed E-state index contributed by atoms with van der Waals surface area (Å²) in [5, 5.41) is 0.616. The van der Waals surface area contributed by atoms with Crippen LogP contribution in [0.3, 0.4) is 0 Å². The smallest absolute Gasteiger partial charge is 0.180 e. The van der Waals surface area contributed by atoms with E-state index in [1.807, 2.05) is 0 Å². The number of benzene rings is 1. The summed E-state index contributed by atoms with van der Waals surface area (Å²) in [6, 6.07) is 6.58. The first kappa shape index (κ1) is 12.0. The third-order valence-corrected chi connectivity index (χ3v) is 3.49. The van der Waals surface area contributed by atoms with Crippen molar-refractivity contribution in [2.24, 2.45) is 0 Å². The quantitative estimate of drug-likeness (QED) is 0.903. The number of nitrogen functional groups attached to an aromatic ring is 1. The average molecular weight is 250 g/mol. The van der Waals surface area contributed by atoms with Gasteiger partial charge in [0.25, 0.3) is 0 Å². The van der Waals surface area contributed by atoms with Crippen molar-refractivity contribution in [3.8, 4) is 0 Å². The molecule has 2 N–H and O–H groups in total. The van der Waals surface area contributed by atoms with Gasteiger partial charge in [-0.2, -0.15) is 0 Å². The third kappa shape index (κ3) is 3.03. The Labute approximate surface area is 104 Å². The fourth-order valence-electron chi connectivity index (χ4n) is 1.76. The van der Waals surface area contributed by atoms with Crippen molar-refractivity contribution in [2.75, 3.05) is 5.73 Å². The summed E-state index contributed by atoms with van der Waals surface area (Å²) in [5.41, 5.74) is 7.91. The van der Waals surface area contributed by atoms with Crippen LogP contribution in [0.15, 0.2) is 24.3 Å². The number of aromatic nitrogens is 1. The zero-order valence-electron chi connectivity index (χ0n) is 9.74. The summed E-state index contributed by atoms with van der Waals surface area (Å²) in [6.45, 7) is 2.12. The third-order valence-electron chi connectivity index (χ3n) is 2.56. The van der Waals surface area contributed by atoms with Crippen LogP contribution in [0.2, 0.25) is 0 Å². The molecule has 17 heavy (non-hydrogen) atoms. The van der Waals surface area contributed by atoms with E-state index in [-0.39, 0.29) is 5.82 Å². The van der Waals surface area contributed by atoms with Gasteiger partial charge in [-0.3, -0.25) is 0 Å². The molecule has 1 heterocycles. The van der Waals surface area contributed by atoms with Gasteiger partial charge in [-0.15, -0.1) is 11.3 Å². The Bertz CT molecular complexity index is 491. The van der Waals surface area contributed by atoms with Crippen molar-refractivity contribution in [2.45, 2.75) is 26.2 Å². The zero-order valence-corrected chi connectivity index (χ0v) is 10.6. The van der Waals surface area contributed by atoms with Gasteiger partial charge in [-0.1, -0.05) is 25.5 Å². The number of nitrogens with zero attached hydrogens (tertiary/aromatic N) is 1. The molecule has 0 aliphatic rings. The maximum atomic E-state index is 12.8. The van der Waals surface area contributed by atoms with E-state index >= 15 is 0 Å². The van der Waals surface area contributed by atoms with Crippen LogP contribution in [0.25, 0.3) is 0 Å². The van der Waals surface area contributed by atoms with Gasteiger partial charge in [0.15, 0.2) is 5.13 Å². The Morgan fingerprint density at radius 3 is 2.65 bits per heavy atom. The molecule has 0 fully saturated rings. The molecule has 2 nitrogen and oxygen atoms in total. The van der Waals surface area contributed by atoms with Crippen LogP contribution in [0, 0.1) is 5.82 Å². The highest BCUT2D eigenvalue weighted by Crippen LogP contribution is 2.24. The molecule has 0 unspecified atom stereocenters. The highest BCUT2D eigenvalue weighted by molar-refractivity contribution is 7.15. The molecule has 0 saturated carbocycles. The molecular weight excluding hydrogens is 235 g/mol. The van der Waals surface area contributed by atoms with Gasteiger partial charge in [-0.25, -0.2) is 9.37 Å². The largest absolute Gasteiger partial charge is 0.375 e. The highest BCUT2D eigenvalue weighted by atomic mass is 32.1. The van der Waals surface area contributed by atoms with Crippen LogP contribution >= 0.6 is 11.3 Å². The van der Waals surface area contributed by atoms with Crippen LogP contribution in [-0.4, -0.2) is 4.98 Å². The van der Waals surface area contributed by atoms with E-state index in [1.165, 1.54) is 28.3 Å². The van der Waals surface area contributed by atoms with Gasteiger partial charge < -0.3 is 5.73 Å². The topological polar surface area (TPSA) is 38.9 Å². The Morgan fingerprint density at radius 2 is 2.00 bits per heavy atom. The Hall–Kier alpha value is -1.42. The van der Waals surface area contributed by atoms with Gasteiger partial charge in [-0.05, 0) is 24.1 Å². The summed E-state index contributed by atoms with van der Waals surface area (Å²) < 4.78 is 12.8. The summed E-state index contributed by atoms with van der Waals surface area (Å²) in [5.74, 6) is -0.202. The summed E-state index contributed by atoms with van der Waals surface area (Å²) in [7, 11) is 0. The minimum Gasteiger partial charge on any atom is -0.375 e. The average Bonchev–Trinajstić information content (AvgIpc) is 2.63. The SMILES string of the molecule is CCCc1nc(N)sc1Cc1ccc(F)cc1. The number of rotatable bonds is 4. The lowest BCUT2D eigenvalue weighted by molar-refractivity contribution is 0.627. The second-order valence-electron chi connectivity index (χ2n) is 3.98. The Morgan fingerprint density at radius 1 is 1.29 bits per heavy atom. The lowest BCUT2D eigenvalue weighted by atomic mass is 10.1. The molecule has 0 aliphatic heterocycles. The molecule has 0 aliphatic carbocycles. The highest BCUT2D eigenvalue weighted by Gasteiger charge is 2.09. The van der Waals surface area contributed by atoms with Crippen molar-refractivity contribution in [1.29, 1.82) is 0 Å². The number of nitrogens with two attached hydrogens (primary N) is 1. The van der Waals surface area contributed by atoms with Crippen LogP contribution in [0.1, 0.15) is 29.5 Å². The number of aryl methyl sites for hydroxylation is 1. The molecule has 0 amide bonds. The van der Waals surface area contributed by atoms with E-state index in [9.17, 15) is 4.39 Å². The van der Waals surface area contributed by atoms with Crippen molar-refractivity contribution in [3.05, 3.63) is 46.2 Å². The van der Waals surface area contributed by atoms with Crippen molar-refractivity contribution in [1.82, 2.24) is 4.98 Å². The molecule has 2 rings (SSSR count). The van der Waals surface area contributed by atoms with Crippen molar-refractivity contribution >= 4 is 16.5 Å². The van der Waals surface area contributed by atoms with E-state index in [0.717, 1.165) is 30.5 Å². The minimum absolute atomic E-state index is 0.202. The molecule has 1 aromatic heterocycles. The molecule has 0 radical (unpaired) electrons. The predicted molar refractivity (Wildman–Crippen MR) is 69.7 cm³/mol. The monoisotopic (exact) mass is 250 g/mol. The van der Waals surface area contributed by atoms with E-state index in [0.29, 0.717) is 5.13 Å². The standard InChI is InChI=1S/C13H15FN2S/c1-2-3-11-12(17-13(15)16-11)8-9-4-6-10(14)7-5-9/h4-7H,2-3,8H2,1H3,(H2,15,16). The van der Waals surface area contributed by atoms with E-state index in [4.69, 9.17) is 5.73 Å². The van der Waals surface area contributed by atoms with Gasteiger partial charge >= 0.3 is 0 Å². The summed E-state index contributed by atoms with van der Waals surface area (Å²) >= 11 is 1.53. The molecule has 0 spiro atoms. The molecule has 0 atom stereocenters. The van der Waals surface area contributed by atoms with E-state index < -0.39 is 0 Å². The van der Waals surface area contributed by atoms with Crippen LogP contribution < -0.4 is 5.73 Å². The number of hydrogen-bond donors (Lipinski definition) is 1. The molecule has 0 bridgehead atoms. The van der Waals surface area contributed by atoms with Crippen LogP contribution in [-0.2, 0) is 12.8 Å². The number of thiazole rings is 1. The second-order valence-corrected chi connectivity index (χ2v) is 5.09. The van der Waals surface area contributed by atoms with Crippen LogP contribution in [0.4, 0.5) is 9.52 Å². The molecule has 90 valence electrons. The number of halogens is 1. The predicted octanol–water partition coefficient (Wildman–Crippen LogP) is 3.41. The van der Waals surface area contributed by atoms with Crippen LogP contribution in [0.5, 0.6) is 0 Å². The fourth-order valence-corrected chi connectivity index (χ4v) is 2.67. The van der Waals surface area contributed by atoms with E-state index in [2.05, 4.69) is 11.9 Å². The maximum Gasteiger partial charge on any atom is 0.180 e. The zero-order chi connectivity index (χ0) is 12.3. The lowest BCUT2D eigenvalue weighted by Gasteiger charge is -2.01. The van der Waals surface area contributed by atoms with Crippen molar-refractivity contribution < 1.29 is 4.39 Å². The molecule has 4 heteroatoms. The van der Waals surface area contributed by atoms with E-state index in [1.54, 1.807) is 12.1 Å². The normalized spacial score (nSPS) is 10.7. The molecule has 1 aromatic carbocycles. The second kappa shape index (κ2) is 5.27. The van der Waals surface area contributed by atoms with Crippen molar-refractivity contribution in [3.63, 3.8) is 0 Å². The lowest BCUT2D eigenvalue weighted by Crippen LogP contribution is -1.93. The number of hydrogen-bond acceptors (Lipinski definition) is 3. The van der Waals surface area contributed by atoms with Gasteiger partial charge in [0.05, 0.1) is 5.69 Å². The summed E-state index contributed by atoms with van der Waals surface area (Å²) in [4.78, 5) is 5.53. The summed E-state index contributed by atoms with van der Waals surface area (Å²) in [6.07, 6.45) is 2.79. The first-order chi connectivity index (χ1) is 8.19. The Balaban J connectivity index is 2.20. The minimum atomic E-state index is -0.202. The molecule has 2 aromatic rings. The first-order valence-electron chi connectivity index (χ1n) is 5.67. The van der Waals surface area contributed by atoms with Gasteiger partial charge in [0.2, 0.25) is 0 Å². The number of anilines is 1. The van der Waals surface area contributed by atoms with Gasteiger partial charge in [0.1, 0.15) is 5.82 Å². The molecule has 0 saturated heterocycles. The van der Waals surface area contributed by atoms with Gasteiger partial charge in [0, 0.05) is 11.3 Å².